The van der Waals surface area contributed by atoms with E-state index in [0.717, 1.165) is 12.8 Å². The lowest BCUT2D eigenvalue weighted by molar-refractivity contribution is -0.147. The molecular formula is C10H12BrNO3. The van der Waals surface area contributed by atoms with E-state index in [1.54, 1.807) is 12.1 Å². The van der Waals surface area contributed by atoms with E-state index < -0.39 is 11.5 Å². The fourth-order valence-electron chi connectivity index (χ4n) is 1.95. The van der Waals surface area contributed by atoms with E-state index in [0.29, 0.717) is 23.4 Å². The van der Waals surface area contributed by atoms with Crippen LogP contribution in [0.4, 0.5) is 0 Å². The normalized spacial score (nSPS) is 26.5. The van der Waals surface area contributed by atoms with Crippen LogP contribution in [-0.2, 0) is 10.3 Å². The van der Waals surface area contributed by atoms with Gasteiger partial charge in [0.15, 0.2) is 10.2 Å². The second-order valence-electron chi connectivity index (χ2n) is 3.70. The lowest BCUT2D eigenvalue weighted by Crippen LogP contribution is -2.51. The number of carboxylic acid groups (broad SMARTS) is 1. The maximum Gasteiger partial charge on any atom is 0.331 e. The predicted octanol–water partition coefficient (Wildman–Crippen LogP) is 2.10. The molecule has 1 aliphatic rings. The minimum Gasteiger partial charge on any atom is -0.480 e. The molecule has 0 aliphatic carbocycles. The Morgan fingerprint density at radius 1 is 1.53 bits per heavy atom. The number of furan rings is 1. The van der Waals surface area contributed by atoms with E-state index in [-0.39, 0.29) is 0 Å². The van der Waals surface area contributed by atoms with Crippen LogP contribution in [0.1, 0.15) is 25.0 Å². The van der Waals surface area contributed by atoms with Gasteiger partial charge in [-0.3, -0.25) is 5.32 Å². The van der Waals surface area contributed by atoms with E-state index >= 15 is 0 Å². The zero-order chi connectivity index (χ0) is 10.9. The molecule has 1 aromatic rings. The second kappa shape index (κ2) is 3.98. The first-order valence-corrected chi connectivity index (χ1v) is 5.69. The number of hydrogen-bond donors (Lipinski definition) is 2. The first kappa shape index (κ1) is 10.7. The number of halogens is 1. The summed E-state index contributed by atoms with van der Waals surface area (Å²) in [6, 6.07) is 3.42. The molecule has 0 bridgehead atoms. The van der Waals surface area contributed by atoms with Gasteiger partial charge in [-0.05, 0) is 53.9 Å². The number of rotatable bonds is 2. The third-order valence-electron chi connectivity index (χ3n) is 2.76. The Morgan fingerprint density at radius 3 is 2.80 bits per heavy atom. The van der Waals surface area contributed by atoms with Crippen LogP contribution in [0.5, 0.6) is 0 Å². The van der Waals surface area contributed by atoms with Gasteiger partial charge in [0.05, 0.1) is 0 Å². The predicted molar refractivity (Wildman–Crippen MR) is 57.6 cm³/mol. The summed E-state index contributed by atoms with van der Waals surface area (Å²) in [5.74, 6) is -0.398. The molecule has 1 aliphatic heterocycles. The summed E-state index contributed by atoms with van der Waals surface area (Å²) in [7, 11) is 0. The second-order valence-corrected chi connectivity index (χ2v) is 4.48. The summed E-state index contributed by atoms with van der Waals surface area (Å²) in [6.45, 7) is 0.713. The highest BCUT2D eigenvalue weighted by atomic mass is 79.9. The van der Waals surface area contributed by atoms with Gasteiger partial charge in [-0.1, -0.05) is 0 Å². The van der Waals surface area contributed by atoms with Crippen molar-refractivity contribution < 1.29 is 14.3 Å². The fraction of sp³-hybridized carbons (Fsp3) is 0.500. The first-order chi connectivity index (χ1) is 7.15. The minimum absolute atomic E-state index is 0.474. The van der Waals surface area contributed by atoms with Crippen molar-refractivity contribution >= 4 is 21.9 Å². The lowest BCUT2D eigenvalue weighted by atomic mass is 9.86. The van der Waals surface area contributed by atoms with Crippen molar-refractivity contribution in [2.24, 2.45) is 0 Å². The van der Waals surface area contributed by atoms with Crippen molar-refractivity contribution in [2.45, 2.75) is 24.8 Å². The average molecular weight is 274 g/mol. The number of carboxylic acids is 1. The van der Waals surface area contributed by atoms with Gasteiger partial charge in [0.1, 0.15) is 5.76 Å². The maximum atomic E-state index is 11.3. The molecule has 0 amide bonds. The van der Waals surface area contributed by atoms with E-state index in [4.69, 9.17) is 4.42 Å². The largest absolute Gasteiger partial charge is 0.480 e. The third kappa shape index (κ3) is 1.81. The van der Waals surface area contributed by atoms with Crippen molar-refractivity contribution in [2.75, 3.05) is 6.54 Å². The van der Waals surface area contributed by atoms with Crippen molar-refractivity contribution in [3.8, 4) is 0 Å². The topological polar surface area (TPSA) is 62.5 Å². The highest BCUT2D eigenvalue weighted by Gasteiger charge is 2.44. The Balaban J connectivity index is 2.37. The molecule has 2 rings (SSSR count). The Kier molecular flexibility index (Phi) is 2.84. The highest BCUT2D eigenvalue weighted by Crippen LogP contribution is 2.33. The molecule has 2 heterocycles. The van der Waals surface area contributed by atoms with Crippen molar-refractivity contribution in [1.82, 2.24) is 5.32 Å². The fourth-order valence-corrected chi connectivity index (χ4v) is 2.25. The summed E-state index contributed by atoms with van der Waals surface area (Å²) in [5.41, 5.74) is -1.04. The van der Waals surface area contributed by atoms with Crippen molar-refractivity contribution in [3.63, 3.8) is 0 Å². The van der Waals surface area contributed by atoms with Crippen LogP contribution < -0.4 is 5.32 Å². The van der Waals surface area contributed by atoms with Crippen LogP contribution in [0.25, 0.3) is 0 Å². The average Bonchev–Trinajstić information content (AvgIpc) is 2.66. The molecule has 0 aromatic carbocycles. The van der Waals surface area contributed by atoms with Crippen LogP contribution in [-0.4, -0.2) is 17.6 Å². The maximum absolute atomic E-state index is 11.3. The van der Waals surface area contributed by atoms with E-state index in [9.17, 15) is 9.90 Å². The molecule has 0 radical (unpaired) electrons. The van der Waals surface area contributed by atoms with Crippen LogP contribution >= 0.6 is 15.9 Å². The van der Waals surface area contributed by atoms with Gasteiger partial charge in [-0.15, -0.1) is 0 Å². The number of nitrogens with one attached hydrogen (secondary N) is 1. The van der Waals surface area contributed by atoms with Gasteiger partial charge in [-0.2, -0.15) is 0 Å². The summed E-state index contributed by atoms with van der Waals surface area (Å²) in [6.07, 6.45) is 2.48. The molecule has 1 atom stereocenters. The quantitative estimate of drug-likeness (QED) is 0.866. The van der Waals surface area contributed by atoms with Crippen LogP contribution in [0.2, 0.25) is 0 Å². The molecule has 4 nitrogen and oxygen atoms in total. The van der Waals surface area contributed by atoms with Crippen molar-refractivity contribution in [3.05, 3.63) is 22.6 Å². The molecule has 0 spiro atoms. The number of piperidine rings is 1. The van der Waals surface area contributed by atoms with E-state index in [1.807, 2.05) is 0 Å². The number of aliphatic carboxylic acids is 1. The summed E-state index contributed by atoms with van der Waals surface area (Å²) in [5, 5.41) is 12.4. The van der Waals surface area contributed by atoms with Gasteiger partial charge in [0.2, 0.25) is 0 Å². The van der Waals surface area contributed by atoms with Gasteiger partial charge >= 0.3 is 5.97 Å². The zero-order valence-electron chi connectivity index (χ0n) is 8.12. The number of hydrogen-bond acceptors (Lipinski definition) is 3. The SMILES string of the molecule is O=C(O)C1(c2ccc(Br)o2)CCCCN1. The molecule has 1 aromatic heterocycles. The lowest BCUT2D eigenvalue weighted by Gasteiger charge is -2.32. The molecule has 1 fully saturated rings. The molecule has 5 heteroatoms. The van der Waals surface area contributed by atoms with E-state index in [2.05, 4.69) is 21.2 Å². The summed E-state index contributed by atoms with van der Waals surface area (Å²) >= 11 is 3.18. The Labute approximate surface area is 95.8 Å². The molecule has 15 heavy (non-hydrogen) atoms. The molecule has 82 valence electrons. The van der Waals surface area contributed by atoms with E-state index in [1.165, 1.54) is 0 Å². The van der Waals surface area contributed by atoms with Gasteiger partial charge < -0.3 is 9.52 Å². The van der Waals surface area contributed by atoms with Crippen LogP contribution in [0, 0.1) is 0 Å². The molecule has 1 saturated heterocycles. The van der Waals surface area contributed by atoms with Gasteiger partial charge in [0.25, 0.3) is 0 Å². The third-order valence-corrected chi connectivity index (χ3v) is 3.19. The monoisotopic (exact) mass is 273 g/mol. The standard InChI is InChI=1S/C10H12BrNO3/c11-8-4-3-7(15-8)10(9(13)14)5-1-2-6-12-10/h3-4,12H,1-2,5-6H2,(H,13,14). The summed E-state index contributed by atoms with van der Waals surface area (Å²) in [4.78, 5) is 11.3. The van der Waals surface area contributed by atoms with Crippen LogP contribution in [0.15, 0.2) is 21.2 Å². The van der Waals surface area contributed by atoms with Gasteiger partial charge in [-0.25, -0.2) is 4.79 Å². The minimum atomic E-state index is -1.04. The smallest absolute Gasteiger partial charge is 0.331 e. The van der Waals surface area contributed by atoms with Gasteiger partial charge in [0, 0.05) is 0 Å². The molecule has 0 saturated carbocycles. The zero-order valence-corrected chi connectivity index (χ0v) is 9.71. The Morgan fingerprint density at radius 2 is 2.33 bits per heavy atom. The first-order valence-electron chi connectivity index (χ1n) is 4.89. The number of carbonyl (C=O) groups is 1. The van der Waals surface area contributed by atoms with Crippen molar-refractivity contribution in [1.29, 1.82) is 0 Å². The van der Waals surface area contributed by atoms with Crippen LogP contribution in [0.3, 0.4) is 0 Å². The Hall–Kier alpha value is -0.810. The Bertz CT molecular complexity index is 368. The molecule has 1 unspecified atom stereocenters. The molecule has 2 N–H and O–H groups in total. The molecular weight excluding hydrogens is 262 g/mol. The summed E-state index contributed by atoms with van der Waals surface area (Å²) < 4.78 is 5.92. The highest BCUT2D eigenvalue weighted by molar-refractivity contribution is 9.10.